The molecule has 0 atom stereocenters. The van der Waals surface area contributed by atoms with Gasteiger partial charge in [0, 0.05) is 11.9 Å². The highest BCUT2D eigenvalue weighted by Gasteiger charge is 1.99. The molecular weight excluding hydrogens is 203 g/mol. The molecule has 82 valence electrons. The molecule has 1 aromatic heterocycles. The van der Waals surface area contributed by atoms with Gasteiger partial charge in [0.1, 0.15) is 5.82 Å². The highest BCUT2D eigenvalue weighted by Crippen LogP contribution is 2.14. The van der Waals surface area contributed by atoms with Crippen LogP contribution in [0.5, 0.6) is 0 Å². The minimum atomic E-state index is -0.189. The van der Waals surface area contributed by atoms with Crippen LogP contribution in [0.4, 0.5) is 10.1 Å². The molecule has 0 spiro atoms. The second kappa shape index (κ2) is 4.75. The van der Waals surface area contributed by atoms with Crippen LogP contribution in [0.1, 0.15) is 11.3 Å². The summed E-state index contributed by atoms with van der Waals surface area (Å²) < 4.78 is 13.2. The minimum absolute atomic E-state index is 0.189. The van der Waals surface area contributed by atoms with Gasteiger partial charge in [0.15, 0.2) is 0 Å². The van der Waals surface area contributed by atoms with E-state index in [9.17, 15) is 4.39 Å². The fourth-order valence-electron chi connectivity index (χ4n) is 1.40. The quantitative estimate of drug-likeness (QED) is 0.852. The Hall–Kier alpha value is -1.90. The second-order valence-corrected chi connectivity index (χ2v) is 3.64. The molecule has 1 aromatic carbocycles. The van der Waals surface area contributed by atoms with Crippen LogP contribution >= 0.6 is 0 Å². The molecule has 16 heavy (non-hydrogen) atoms. The zero-order valence-corrected chi connectivity index (χ0v) is 9.07. The lowest BCUT2D eigenvalue weighted by Crippen LogP contribution is -2.01. The fraction of sp³-hybridized carbons (Fsp3) is 0.154. The monoisotopic (exact) mass is 216 g/mol. The first kappa shape index (κ1) is 10.6. The van der Waals surface area contributed by atoms with E-state index in [0.29, 0.717) is 12.1 Å². The molecule has 3 heteroatoms. The van der Waals surface area contributed by atoms with Gasteiger partial charge < -0.3 is 5.32 Å². The normalized spacial score (nSPS) is 10.1. The Labute approximate surface area is 94.2 Å². The van der Waals surface area contributed by atoms with Crippen LogP contribution < -0.4 is 5.32 Å². The van der Waals surface area contributed by atoms with Gasteiger partial charge in [-0.15, -0.1) is 0 Å². The third kappa shape index (κ3) is 2.57. The Kier molecular flexibility index (Phi) is 3.15. The van der Waals surface area contributed by atoms with Crippen molar-refractivity contribution in [1.82, 2.24) is 4.98 Å². The average molecular weight is 216 g/mol. The van der Waals surface area contributed by atoms with E-state index >= 15 is 0 Å². The molecule has 0 unspecified atom stereocenters. The van der Waals surface area contributed by atoms with Crippen LogP contribution in [0.3, 0.4) is 0 Å². The molecule has 0 saturated carbocycles. The molecule has 0 amide bonds. The summed E-state index contributed by atoms with van der Waals surface area (Å²) in [5, 5.41) is 3.13. The molecular formula is C13H13FN2. The van der Waals surface area contributed by atoms with Crippen molar-refractivity contribution in [1.29, 1.82) is 0 Å². The molecule has 1 N–H and O–H groups in total. The zero-order chi connectivity index (χ0) is 11.4. The van der Waals surface area contributed by atoms with Crippen molar-refractivity contribution in [2.24, 2.45) is 0 Å². The van der Waals surface area contributed by atoms with Crippen molar-refractivity contribution in [2.75, 3.05) is 5.32 Å². The Bertz CT molecular complexity index is 469. The van der Waals surface area contributed by atoms with Gasteiger partial charge in [-0.25, -0.2) is 4.39 Å². The second-order valence-electron chi connectivity index (χ2n) is 3.64. The number of pyridine rings is 1. The van der Waals surface area contributed by atoms with Crippen LogP contribution in [0, 0.1) is 12.7 Å². The molecule has 0 saturated heterocycles. The Morgan fingerprint density at radius 3 is 2.81 bits per heavy atom. The van der Waals surface area contributed by atoms with E-state index in [-0.39, 0.29) is 5.82 Å². The first-order valence-corrected chi connectivity index (χ1v) is 5.15. The molecule has 2 rings (SSSR count). The Balaban J connectivity index is 2.03. The first-order chi connectivity index (χ1) is 7.75. The van der Waals surface area contributed by atoms with E-state index in [4.69, 9.17) is 0 Å². The van der Waals surface area contributed by atoms with Crippen molar-refractivity contribution < 1.29 is 4.39 Å². The van der Waals surface area contributed by atoms with Gasteiger partial charge in [0.05, 0.1) is 12.2 Å². The number of nitrogens with one attached hydrogen (secondary N) is 1. The molecule has 0 aliphatic rings. The number of benzene rings is 1. The predicted octanol–water partition coefficient (Wildman–Crippen LogP) is 3.14. The molecule has 2 nitrogen and oxygen atoms in total. The maximum atomic E-state index is 13.2. The van der Waals surface area contributed by atoms with E-state index in [1.165, 1.54) is 6.07 Å². The summed E-state index contributed by atoms with van der Waals surface area (Å²) >= 11 is 0. The maximum absolute atomic E-state index is 13.2. The Morgan fingerprint density at radius 1 is 1.25 bits per heavy atom. The Morgan fingerprint density at radius 2 is 2.12 bits per heavy atom. The number of rotatable bonds is 3. The zero-order valence-electron chi connectivity index (χ0n) is 9.07. The third-order valence-corrected chi connectivity index (χ3v) is 2.37. The third-order valence-electron chi connectivity index (χ3n) is 2.37. The summed E-state index contributed by atoms with van der Waals surface area (Å²) in [6.45, 7) is 2.35. The maximum Gasteiger partial charge on any atom is 0.128 e. The number of hydrogen-bond donors (Lipinski definition) is 1. The van der Waals surface area contributed by atoms with Crippen molar-refractivity contribution in [3.63, 3.8) is 0 Å². The van der Waals surface area contributed by atoms with Gasteiger partial charge in [0.2, 0.25) is 0 Å². The predicted molar refractivity (Wildman–Crippen MR) is 62.7 cm³/mol. The van der Waals surface area contributed by atoms with E-state index in [1.54, 1.807) is 19.2 Å². The highest BCUT2D eigenvalue weighted by atomic mass is 19.1. The van der Waals surface area contributed by atoms with Gasteiger partial charge in [-0.05, 0) is 36.8 Å². The SMILES string of the molecule is Cc1ccc(NCc2ccccn2)cc1F. The standard InChI is InChI=1S/C13H13FN2/c1-10-5-6-11(8-13(10)14)16-9-12-4-2-3-7-15-12/h2-8,16H,9H2,1H3. The smallest absolute Gasteiger partial charge is 0.128 e. The van der Waals surface area contributed by atoms with Crippen molar-refractivity contribution >= 4 is 5.69 Å². The number of nitrogens with zero attached hydrogens (tertiary/aromatic N) is 1. The summed E-state index contributed by atoms with van der Waals surface area (Å²) in [4.78, 5) is 4.18. The lowest BCUT2D eigenvalue weighted by atomic mass is 10.2. The van der Waals surface area contributed by atoms with Gasteiger partial charge in [0.25, 0.3) is 0 Å². The fourth-order valence-corrected chi connectivity index (χ4v) is 1.40. The number of anilines is 1. The molecule has 0 aliphatic heterocycles. The van der Waals surface area contributed by atoms with E-state index in [2.05, 4.69) is 10.3 Å². The number of aromatic nitrogens is 1. The molecule has 0 bridgehead atoms. The largest absolute Gasteiger partial charge is 0.379 e. The molecule has 0 fully saturated rings. The molecule has 2 aromatic rings. The average Bonchev–Trinajstić information content (AvgIpc) is 2.32. The van der Waals surface area contributed by atoms with Crippen LogP contribution in [-0.4, -0.2) is 4.98 Å². The van der Waals surface area contributed by atoms with E-state index in [1.807, 2.05) is 24.3 Å². The van der Waals surface area contributed by atoms with Crippen LogP contribution in [0.2, 0.25) is 0 Å². The summed E-state index contributed by atoms with van der Waals surface area (Å²) in [5.74, 6) is -0.189. The van der Waals surface area contributed by atoms with Gasteiger partial charge in [-0.1, -0.05) is 12.1 Å². The first-order valence-electron chi connectivity index (χ1n) is 5.15. The van der Waals surface area contributed by atoms with Gasteiger partial charge in [-0.3, -0.25) is 4.98 Å². The van der Waals surface area contributed by atoms with Crippen molar-refractivity contribution in [2.45, 2.75) is 13.5 Å². The summed E-state index contributed by atoms with van der Waals surface area (Å²) in [6, 6.07) is 10.8. The lowest BCUT2D eigenvalue weighted by Gasteiger charge is -2.06. The molecule has 0 aliphatic carbocycles. The molecule has 0 radical (unpaired) electrons. The summed E-state index contributed by atoms with van der Waals surface area (Å²) in [5.41, 5.74) is 2.36. The highest BCUT2D eigenvalue weighted by molar-refractivity contribution is 5.45. The van der Waals surface area contributed by atoms with Crippen LogP contribution in [-0.2, 0) is 6.54 Å². The van der Waals surface area contributed by atoms with E-state index < -0.39 is 0 Å². The minimum Gasteiger partial charge on any atom is -0.379 e. The van der Waals surface area contributed by atoms with Gasteiger partial charge >= 0.3 is 0 Å². The van der Waals surface area contributed by atoms with Crippen LogP contribution in [0.25, 0.3) is 0 Å². The summed E-state index contributed by atoms with van der Waals surface area (Å²) in [7, 11) is 0. The summed E-state index contributed by atoms with van der Waals surface area (Å²) in [6.07, 6.45) is 1.74. The van der Waals surface area contributed by atoms with Crippen molar-refractivity contribution in [3.05, 3.63) is 59.7 Å². The van der Waals surface area contributed by atoms with Crippen molar-refractivity contribution in [3.8, 4) is 0 Å². The molecule has 1 heterocycles. The number of hydrogen-bond acceptors (Lipinski definition) is 2. The number of halogens is 1. The lowest BCUT2D eigenvalue weighted by molar-refractivity contribution is 0.619. The van der Waals surface area contributed by atoms with E-state index in [0.717, 1.165) is 11.4 Å². The van der Waals surface area contributed by atoms with Crippen LogP contribution in [0.15, 0.2) is 42.6 Å². The number of aryl methyl sites for hydroxylation is 1. The van der Waals surface area contributed by atoms with Gasteiger partial charge in [-0.2, -0.15) is 0 Å². The topological polar surface area (TPSA) is 24.9 Å².